The van der Waals surface area contributed by atoms with Crippen LogP contribution < -0.4 is 5.32 Å². The fraction of sp³-hybridized carbons (Fsp3) is 0.500. The first kappa shape index (κ1) is 10.8. The molecule has 2 rings (SSSR count). The lowest BCUT2D eigenvalue weighted by atomic mass is 9.69. The number of benzene rings is 1. The molecule has 15 heavy (non-hydrogen) atoms. The number of aliphatic hydroxyl groups is 1. The zero-order valence-corrected chi connectivity index (χ0v) is 9.59. The molecule has 0 heterocycles. The smallest absolute Gasteiger partial charge is 0.0661 e. The third-order valence-electron chi connectivity index (χ3n) is 3.05. The van der Waals surface area contributed by atoms with Crippen LogP contribution in [0.25, 0.3) is 0 Å². The molecule has 0 bridgehead atoms. The minimum Gasteiger partial charge on any atom is -0.394 e. The van der Waals surface area contributed by atoms with E-state index in [1.54, 1.807) is 0 Å². The molecule has 1 saturated carbocycles. The Kier molecular flexibility index (Phi) is 2.89. The van der Waals surface area contributed by atoms with E-state index in [0.717, 1.165) is 18.5 Å². The molecule has 0 amide bonds. The molecule has 3 heteroatoms. The van der Waals surface area contributed by atoms with Gasteiger partial charge in [-0.2, -0.15) is 0 Å². The van der Waals surface area contributed by atoms with Gasteiger partial charge in [0, 0.05) is 0 Å². The highest BCUT2D eigenvalue weighted by Crippen LogP contribution is 2.40. The Morgan fingerprint density at radius 1 is 1.47 bits per heavy atom. The molecule has 2 N–H and O–H groups in total. The fourth-order valence-corrected chi connectivity index (χ4v) is 2.58. The molecule has 1 aromatic rings. The summed E-state index contributed by atoms with van der Waals surface area (Å²) in [6.07, 6.45) is 2.02. The summed E-state index contributed by atoms with van der Waals surface area (Å²) in [4.78, 5) is 0. The Balaban J connectivity index is 2.11. The minimum atomic E-state index is -0.148. The van der Waals surface area contributed by atoms with Crippen LogP contribution in [0.15, 0.2) is 24.3 Å². The second kappa shape index (κ2) is 4.03. The van der Waals surface area contributed by atoms with Crippen LogP contribution in [-0.4, -0.2) is 17.3 Å². The van der Waals surface area contributed by atoms with E-state index in [2.05, 4.69) is 12.2 Å². The van der Waals surface area contributed by atoms with E-state index in [4.69, 9.17) is 11.6 Å². The van der Waals surface area contributed by atoms with Crippen LogP contribution in [0.5, 0.6) is 0 Å². The van der Waals surface area contributed by atoms with Gasteiger partial charge in [-0.1, -0.05) is 30.7 Å². The summed E-state index contributed by atoms with van der Waals surface area (Å²) in [5, 5.41) is 13.5. The molecular formula is C12H16ClNO. The van der Waals surface area contributed by atoms with Gasteiger partial charge in [-0.25, -0.2) is 0 Å². The summed E-state index contributed by atoms with van der Waals surface area (Å²) in [5.41, 5.74) is 0.768. The third-order valence-corrected chi connectivity index (χ3v) is 3.38. The van der Waals surface area contributed by atoms with Crippen molar-refractivity contribution in [1.29, 1.82) is 0 Å². The van der Waals surface area contributed by atoms with E-state index >= 15 is 0 Å². The van der Waals surface area contributed by atoms with Crippen molar-refractivity contribution in [3.63, 3.8) is 0 Å². The van der Waals surface area contributed by atoms with Gasteiger partial charge in [-0.05, 0) is 30.9 Å². The number of anilines is 1. The molecule has 1 aromatic carbocycles. The van der Waals surface area contributed by atoms with Crippen molar-refractivity contribution in [2.45, 2.75) is 25.3 Å². The lowest BCUT2D eigenvalue weighted by molar-refractivity contribution is 0.0992. The SMILES string of the molecule is CC1CC(CO)(Nc2ccccc2Cl)C1. The monoisotopic (exact) mass is 225 g/mol. The molecule has 2 nitrogen and oxygen atoms in total. The Labute approximate surface area is 95.3 Å². The van der Waals surface area contributed by atoms with Gasteiger partial charge in [-0.15, -0.1) is 0 Å². The van der Waals surface area contributed by atoms with Gasteiger partial charge >= 0.3 is 0 Å². The first-order chi connectivity index (χ1) is 7.15. The highest BCUT2D eigenvalue weighted by molar-refractivity contribution is 6.33. The number of nitrogens with one attached hydrogen (secondary N) is 1. The van der Waals surface area contributed by atoms with E-state index in [-0.39, 0.29) is 12.1 Å². The molecule has 0 atom stereocenters. The quantitative estimate of drug-likeness (QED) is 0.829. The van der Waals surface area contributed by atoms with Crippen molar-refractivity contribution in [3.05, 3.63) is 29.3 Å². The molecular weight excluding hydrogens is 210 g/mol. The normalized spacial score (nSPS) is 29.7. The standard InChI is InChI=1S/C12H16ClNO/c1-9-6-12(7-9,8-15)14-11-5-3-2-4-10(11)13/h2-5,9,14-15H,6-8H2,1H3. The lowest BCUT2D eigenvalue weighted by Crippen LogP contribution is -2.52. The number of halogens is 1. The fourth-order valence-electron chi connectivity index (χ4n) is 2.39. The molecule has 0 aromatic heterocycles. The number of para-hydroxylation sites is 1. The highest BCUT2D eigenvalue weighted by Gasteiger charge is 2.41. The van der Waals surface area contributed by atoms with Crippen molar-refractivity contribution in [2.24, 2.45) is 5.92 Å². The van der Waals surface area contributed by atoms with Crippen LogP contribution in [0, 0.1) is 5.92 Å². The minimum absolute atomic E-state index is 0.148. The molecule has 82 valence electrons. The molecule has 1 aliphatic carbocycles. The summed E-state index contributed by atoms with van der Waals surface area (Å²) in [5.74, 6) is 0.687. The molecule has 0 radical (unpaired) electrons. The van der Waals surface area contributed by atoms with Crippen molar-refractivity contribution in [1.82, 2.24) is 0 Å². The molecule has 1 fully saturated rings. The summed E-state index contributed by atoms with van der Waals surface area (Å²) in [6.45, 7) is 2.37. The third kappa shape index (κ3) is 2.11. The van der Waals surface area contributed by atoms with Crippen molar-refractivity contribution in [3.8, 4) is 0 Å². The molecule has 0 unspecified atom stereocenters. The van der Waals surface area contributed by atoms with E-state index < -0.39 is 0 Å². The van der Waals surface area contributed by atoms with Crippen LogP contribution in [0.3, 0.4) is 0 Å². The molecule has 0 spiro atoms. The van der Waals surface area contributed by atoms with Crippen LogP contribution in [-0.2, 0) is 0 Å². The predicted molar refractivity (Wildman–Crippen MR) is 63.3 cm³/mol. The lowest BCUT2D eigenvalue weighted by Gasteiger charge is -2.46. The Morgan fingerprint density at radius 3 is 2.67 bits per heavy atom. The first-order valence-corrected chi connectivity index (χ1v) is 5.67. The first-order valence-electron chi connectivity index (χ1n) is 5.29. The van der Waals surface area contributed by atoms with Gasteiger partial charge in [0.1, 0.15) is 0 Å². The average Bonchev–Trinajstić information content (AvgIpc) is 2.18. The molecule has 0 saturated heterocycles. The average molecular weight is 226 g/mol. The summed E-state index contributed by atoms with van der Waals surface area (Å²) in [7, 11) is 0. The Hall–Kier alpha value is -0.730. The second-order valence-electron chi connectivity index (χ2n) is 4.56. The van der Waals surface area contributed by atoms with Gasteiger partial charge in [0.05, 0.1) is 22.9 Å². The van der Waals surface area contributed by atoms with Gasteiger partial charge in [0.25, 0.3) is 0 Å². The Morgan fingerprint density at radius 2 is 2.13 bits per heavy atom. The molecule has 1 aliphatic rings. The predicted octanol–water partition coefficient (Wildman–Crippen LogP) is 2.91. The van der Waals surface area contributed by atoms with Gasteiger partial charge in [-0.3, -0.25) is 0 Å². The maximum Gasteiger partial charge on any atom is 0.0661 e. The zero-order valence-electron chi connectivity index (χ0n) is 8.83. The van der Waals surface area contributed by atoms with Gasteiger partial charge in [0.2, 0.25) is 0 Å². The van der Waals surface area contributed by atoms with Crippen molar-refractivity contribution < 1.29 is 5.11 Å². The van der Waals surface area contributed by atoms with E-state index in [9.17, 15) is 5.11 Å². The summed E-state index contributed by atoms with van der Waals surface area (Å²) in [6, 6.07) is 7.66. The van der Waals surface area contributed by atoms with E-state index in [1.807, 2.05) is 24.3 Å². The number of rotatable bonds is 3. The summed E-state index contributed by atoms with van der Waals surface area (Å²) < 4.78 is 0. The van der Waals surface area contributed by atoms with Crippen LogP contribution in [0.1, 0.15) is 19.8 Å². The number of aliphatic hydroxyl groups excluding tert-OH is 1. The largest absolute Gasteiger partial charge is 0.394 e. The zero-order chi connectivity index (χ0) is 10.9. The van der Waals surface area contributed by atoms with Crippen LogP contribution in [0.4, 0.5) is 5.69 Å². The number of hydrogen-bond donors (Lipinski definition) is 2. The van der Waals surface area contributed by atoms with Crippen LogP contribution >= 0.6 is 11.6 Å². The van der Waals surface area contributed by atoms with Crippen LogP contribution in [0.2, 0.25) is 5.02 Å². The highest BCUT2D eigenvalue weighted by atomic mass is 35.5. The maximum absolute atomic E-state index is 9.40. The molecule has 0 aliphatic heterocycles. The number of hydrogen-bond acceptors (Lipinski definition) is 2. The van der Waals surface area contributed by atoms with E-state index in [0.29, 0.717) is 10.9 Å². The van der Waals surface area contributed by atoms with Crippen molar-refractivity contribution >= 4 is 17.3 Å². The topological polar surface area (TPSA) is 32.3 Å². The second-order valence-corrected chi connectivity index (χ2v) is 4.96. The maximum atomic E-state index is 9.40. The van der Waals surface area contributed by atoms with Gasteiger partial charge in [0.15, 0.2) is 0 Å². The summed E-state index contributed by atoms with van der Waals surface area (Å²) >= 11 is 6.06. The van der Waals surface area contributed by atoms with Crippen molar-refractivity contribution in [2.75, 3.05) is 11.9 Å². The van der Waals surface area contributed by atoms with E-state index in [1.165, 1.54) is 0 Å². The Bertz CT molecular complexity index is 347. The van der Waals surface area contributed by atoms with Gasteiger partial charge < -0.3 is 10.4 Å².